The molecule has 0 spiro atoms. The second-order valence-corrected chi connectivity index (χ2v) is 6.97. The number of nitrogens with one attached hydrogen (secondary N) is 1. The zero-order chi connectivity index (χ0) is 18.4. The van der Waals surface area contributed by atoms with Gasteiger partial charge in [0.05, 0.1) is 11.9 Å². The summed E-state index contributed by atoms with van der Waals surface area (Å²) in [6.45, 7) is 4.89. The zero-order valence-corrected chi connectivity index (χ0v) is 15.7. The summed E-state index contributed by atoms with van der Waals surface area (Å²) < 4.78 is 5.69. The topological polar surface area (TPSA) is 64.1 Å². The average molecular weight is 367 g/mol. The largest absolute Gasteiger partial charge is 0.485 e. The Kier molecular flexibility index (Phi) is 5.96. The number of aryl methyl sites for hydroxylation is 2. The van der Waals surface area contributed by atoms with E-state index < -0.39 is 0 Å². The van der Waals surface area contributed by atoms with Crippen molar-refractivity contribution in [1.29, 1.82) is 0 Å². The second kappa shape index (κ2) is 8.58. The van der Waals surface area contributed by atoms with Crippen LogP contribution < -0.4 is 10.1 Å². The number of carbonyl (C=O) groups excluding carboxylic acids is 1. The maximum absolute atomic E-state index is 12.1. The van der Waals surface area contributed by atoms with E-state index in [2.05, 4.69) is 15.3 Å². The first-order chi connectivity index (χ1) is 12.6. The van der Waals surface area contributed by atoms with E-state index in [0.717, 1.165) is 27.7 Å². The normalized spacial score (nSPS) is 10.5. The van der Waals surface area contributed by atoms with Crippen LogP contribution in [0.15, 0.2) is 48.0 Å². The third kappa shape index (κ3) is 5.13. The van der Waals surface area contributed by atoms with Crippen LogP contribution in [-0.2, 0) is 13.0 Å². The van der Waals surface area contributed by atoms with Crippen LogP contribution in [0.4, 0.5) is 0 Å². The van der Waals surface area contributed by atoms with E-state index in [0.29, 0.717) is 25.1 Å². The van der Waals surface area contributed by atoms with Gasteiger partial charge in [-0.05, 0) is 38.1 Å². The van der Waals surface area contributed by atoms with Gasteiger partial charge < -0.3 is 10.1 Å². The minimum atomic E-state index is -0.0562. The van der Waals surface area contributed by atoms with Crippen molar-refractivity contribution in [3.63, 3.8) is 0 Å². The van der Waals surface area contributed by atoms with Crippen molar-refractivity contribution in [2.75, 3.05) is 6.54 Å². The fourth-order valence-corrected chi connectivity index (χ4v) is 3.15. The summed E-state index contributed by atoms with van der Waals surface area (Å²) in [4.78, 5) is 20.9. The smallest absolute Gasteiger partial charge is 0.251 e. The number of rotatable bonds is 7. The van der Waals surface area contributed by atoms with E-state index in [4.69, 9.17) is 4.74 Å². The van der Waals surface area contributed by atoms with Crippen molar-refractivity contribution in [2.45, 2.75) is 26.9 Å². The van der Waals surface area contributed by atoms with Crippen molar-refractivity contribution >= 4 is 17.2 Å². The Morgan fingerprint density at radius 2 is 2.12 bits per heavy atom. The van der Waals surface area contributed by atoms with Gasteiger partial charge in [-0.2, -0.15) is 0 Å². The summed E-state index contributed by atoms with van der Waals surface area (Å²) >= 11 is 1.56. The summed E-state index contributed by atoms with van der Waals surface area (Å²) in [7, 11) is 0. The Labute approximate surface area is 157 Å². The fourth-order valence-electron chi connectivity index (χ4n) is 2.41. The van der Waals surface area contributed by atoms with Gasteiger partial charge in [-0.25, -0.2) is 4.98 Å². The molecule has 0 bridgehead atoms. The molecule has 1 aromatic carbocycles. The molecule has 134 valence electrons. The molecule has 0 saturated heterocycles. The lowest BCUT2D eigenvalue weighted by atomic mass is 10.1. The van der Waals surface area contributed by atoms with E-state index in [1.54, 1.807) is 17.5 Å². The highest BCUT2D eigenvalue weighted by molar-refractivity contribution is 7.09. The molecular weight excluding hydrogens is 346 g/mol. The highest BCUT2D eigenvalue weighted by atomic mass is 32.1. The first-order valence-corrected chi connectivity index (χ1v) is 9.32. The van der Waals surface area contributed by atoms with Crippen molar-refractivity contribution in [1.82, 2.24) is 15.3 Å². The van der Waals surface area contributed by atoms with E-state index in [9.17, 15) is 4.79 Å². The van der Waals surface area contributed by atoms with Crippen LogP contribution in [0.3, 0.4) is 0 Å². The Balaban J connectivity index is 1.45. The molecule has 0 unspecified atom stereocenters. The number of aromatic nitrogens is 2. The molecule has 6 heteroatoms. The van der Waals surface area contributed by atoms with Crippen LogP contribution in [0.1, 0.15) is 32.3 Å². The molecule has 3 rings (SSSR count). The molecule has 0 aliphatic rings. The third-order valence-corrected chi connectivity index (χ3v) is 4.66. The quantitative estimate of drug-likeness (QED) is 0.691. The van der Waals surface area contributed by atoms with Crippen molar-refractivity contribution < 1.29 is 9.53 Å². The molecule has 5 nitrogen and oxygen atoms in total. The Bertz CT molecular complexity index is 875. The number of hydrogen-bond acceptors (Lipinski definition) is 5. The van der Waals surface area contributed by atoms with Gasteiger partial charge >= 0.3 is 0 Å². The van der Waals surface area contributed by atoms with Gasteiger partial charge in [0.25, 0.3) is 5.91 Å². The molecular formula is C20H21N3O2S. The van der Waals surface area contributed by atoms with Gasteiger partial charge in [-0.1, -0.05) is 17.7 Å². The Morgan fingerprint density at radius 3 is 2.88 bits per heavy atom. The molecule has 1 amide bonds. The van der Waals surface area contributed by atoms with E-state index in [1.165, 1.54) is 0 Å². The first kappa shape index (κ1) is 18.1. The molecule has 2 aromatic heterocycles. The number of benzene rings is 1. The first-order valence-electron chi connectivity index (χ1n) is 8.44. The molecule has 0 atom stereocenters. The summed E-state index contributed by atoms with van der Waals surface area (Å²) in [5, 5.41) is 5.85. The predicted octanol–water partition coefficient (Wildman–Crippen LogP) is 3.71. The fraction of sp³-hybridized carbons (Fsp3) is 0.250. The highest BCUT2D eigenvalue weighted by Gasteiger charge is 2.07. The molecule has 0 aliphatic heterocycles. The van der Waals surface area contributed by atoms with Gasteiger partial charge in [0.15, 0.2) is 0 Å². The predicted molar refractivity (Wildman–Crippen MR) is 103 cm³/mol. The van der Waals surface area contributed by atoms with E-state index >= 15 is 0 Å². The van der Waals surface area contributed by atoms with Crippen LogP contribution in [0.2, 0.25) is 0 Å². The lowest BCUT2D eigenvalue weighted by molar-refractivity contribution is 0.0954. The monoisotopic (exact) mass is 367 g/mol. The number of hydrogen-bond donors (Lipinski definition) is 1. The zero-order valence-electron chi connectivity index (χ0n) is 14.9. The van der Waals surface area contributed by atoms with Crippen molar-refractivity contribution in [3.05, 3.63) is 75.5 Å². The number of ether oxygens (including phenoxy) is 1. The molecule has 26 heavy (non-hydrogen) atoms. The van der Waals surface area contributed by atoms with Crippen molar-refractivity contribution in [3.8, 4) is 5.75 Å². The van der Waals surface area contributed by atoms with Gasteiger partial charge in [0.2, 0.25) is 0 Å². The second-order valence-electron chi connectivity index (χ2n) is 6.03. The molecule has 0 fully saturated rings. The summed E-state index contributed by atoms with van der Waals surface area (Å²) in [5.41, 5.74) is 3.68. The minimum absolute atomic E-state index is 0.0562. The van der Waals surface area contributed by atoms with Crippen LogP contribution in [0.5, 0.6) is 5.75 Å². The summed E-state index contributed by atoms with van der Waals surface area (Å²) in [6.07, 6.45) is 2.41. The molecule has 0 radical (unpaired) electrons. The number of pyridine rings is 1. The van der Waals surface area contributed by atoms with Gasteiger partial charge in [0, 0.05) is 29.6 Å². The van der Waals surface area contributed by atoms with Gasteiger partial charge in [0.1, 0.15) is 17.4 Å². The standard InChI is InChI=1S/C20H21N3O2S/c1-14-4-3-5-16(10-14)20(24)21-9-8-17-13-26-19(23-17)12-25-18-7-6-15(2)22-11-18/h3-7,10-11,13H,8-9,12H2,1-2H3,(H,21,24). The Morgan fingerprint density at radius 1 is 1.23 bits per heavy atom. The maximum Gasteiger partial charge on any atom is 0.251 e. The van der Waals surface area contributed by atoms with Crippen LogP contribution in [0.25, 0.3) is 0 Å². The lowest BCUT2D eigenvalue weighted by Crippen LogP contribution is -2.25. The lowest BCUT2D eigenvalue weighted by Gasteiger charge is -2.05. The maximum atomic E-state index is 12.1. The molecule has 1 N–H and O–H groups in total. The summed E-state index contributed by atoms with van der Waals surface area (Å²) in [5.74, 6) is 0.678. The number of carbonyl (C=O) groups is 1. The number of thiazole rings is 1. The Hall–Kier alpha value is -2.73. The molecule has 0 saturated carbocycles. The highest BCUT2D eigenvalue weighted by Crippen LogP contribution is 2.15. The van der Waals surface area contributed by atoms with Gasteiger partial charge in [-0.3, -0.25) is 9.78 Å². The van der Waals surface area contributed by atoms with Crippen molar-refractivity contribution in [2.24, 2.45) is 0 Å². The molecule has 0 aliphatic carbocycles. The van der Waals surface area contributed by atoms with Crippen LogP contribution in [0, 0.1) is 13.8 Å². The van der Waals surface area contributed by atoms with Gasteiger partial charge in [-0.15, -0.1) is 11.3 Å². The minimum Gasteiger partial charge on any atom is -0.485 e. The van der Waals surface area contributed by atoms with Crippen LogP contribution in [-0.4, -0.2) is 22.4 Å². The van der Waals surface area contributed by atoms with Crippen LogP contribution >= 0.6 is 11.3 Å². The average Bonchev–Trinajstić information content (AvgIpc) is 3.09. The SMILES string of the molecule is Cc1cccc(C(=O)NCCc2csc(COc3ccc(C)nc3)n2)c1. The van der Waals surface area contributed by atoms with E-state index in [-0.39, 0.29) is 5.91 Å². The van der Waals surface area contributed by atoms with E-state index in [1.807, 2.05) is 55.6 Å². The molecule has 2 heterocycles. The third-order valence-electron chi connectivity index (χ3n) is 3.79. The number of nitrogens with zero attached hydrogens (tertiary/aromatic N) is 2. The summed E-state index contributed by atoms with van der Waals surface area (Å²) in [6, 6.07) is 11.4. The number of amides is 1. The molecule has 3 aromatic rings.